The van der Waals surface area contributed by atoms with Gasteiger partial charge in [-0.2, -0.15) is 12.8 Å². The third-order valence-corrected chi connectivity index (χ3v) is 1.93. The molecule has 2 rings (SSSR count). The summed E-state index contributed by atoms with van der Waals surface area (Å²) in [4.78, 5) is 0. The van der Waals surface area contributed by atoms with E-state index in [1.165, 1.54) is 10.9 Å². The maximum Gasteiger partial charge on any atom is 2.00 e. The average molecular weight is 310 g/mol. The van der Waals surface area contributed by atoms with Crippen LogP contribution in [0.25, 0.3) is 0 Å². The molecule has 0 spiro atoms. The molecule has 0 saturated heterocycles. The molecule has 0 unspecified atom stereocenters. The molecular weight excluding hydrogens is 286 g/mol. The summed E-state index contributed by atoms with van der Waals surface area (Å²) in [5.41, 5.74) is 2.49. The van der Waals surface area contributed by atoms with Gasteiger partial charge in [0.2, 0.25) is 0 Å². The fourth-order valence-corrected chi connectivity index (χ4v) is 1.29. The zero-order valence-corrected chi connectivity index (χ0v) is 13.5. The van der Waals surface area contributed by atoms with Crippen molar-refractivity contribution in [2.24, 2.45) is 0 Å². The number of hydrogen-bond donors (Lipinski definition) is 0. The van der Waals surface area contributed by atoms with Crippen LogP contribution in [0.5, 0.6) is 0 Å². The van der Waals surface area contributed by atoms with E-state index in [-0.39, 0.29) is 16.5 Å². The van der Waals surface area contributed by atoms with Crippen molar-refractivity contribution >= 4 is 18.2 Å². The topological polar surface area (TPSA) is 0 Å². The van der Waals surface area contributed by atoms with Crippen molar-refractivity contribution in [3.63, 3.8) is 0 Å². The molecule has 20 heavy (non-hydrogen) atoms. The Bertz CT molecular complexity index is 347. The first-order chi connectivity index (χ1) is 9.28. The van der Waals surface area contributed by atoms with Gasteiger partial charge in [0.1, 0.15) is 0 Å². The van der Waals surface area contributed by atoms with Crippen LogP contribution in [0, 0.1) is 13.8 Å². The molecule has 0 aliphatic heterocycles. The van der Waals surface area contributed by atoms with E-state index in [0.717, 1.165) is 12.8 Å². The van der Waals surface area contributed by atoms with Gasteiger partial charge in [-0.15, -0.1) is 0 Å². The minimum absolute atomic E-state index is 0. The fourth-order valence-electron chi connectivity index (χ4n) is 1.29. The number of rotatable bonds is 2. The molecule has 0 heterocycles. The van der Waals surface area contributed by atoms with Gasteiger partial charge in [0.05, 0.1) is 0 Å². The summed E-state index contributed by atoms with van der Waals surface area (Å²) in [5, 5.41) is 0. The number of hydrogen-bond acceptors (Lipinski definition) is 0. The Morgan fingerprint density at radius 3 is 1.20 bits per heavy atom. The van der Waals surface area contributed by atoms with Crippen LogP contribution in [-0.2, 0) is 16.5 Å². The zero-order chi connectivity index (χ0) is 14.3. The van der Waals surface area contributed by atoms with Crippen molar-refractivity contribution in [3.05, 3.63) is 74.5 Å². The van der Waals surface area contributed by atoms with E-state index in [2.05, 4.69) is 69.7 Å². The molecule has 0 saturated carbocycles. The monoisotopic (exact) mass is 309 g/mol. The molecule has 0 amide bonds. The minimum Gasteiger partial charge on any atom is -0.344 e. The molecule has 2 heteroatoms. The van der Waals surface area contributed by atoms with Crippen LogP contribution in [-0.4, -0.2) is 7.28 Å². The van der Waals surface area contributed by atoms with E-state index in [4.69, 9.17) is 0 Å². The van der Waals surface area contributed by atoms with Crippen LogP contribution in [0.1, 0.15) is 26.7 Å². The first-order valence-corrected chi connectivity index (χ1v) is 6.81. The van der Waals surface area contributed by atoms with Gasteiger partial charge in [0.25, 0.3) is 0 Å². The van der Waals surface area contributed by atoms with Gasteiger partial charge in [-0.3, -0.25) is 0 Å². The molecule has 0 bridgehead atoms. The Morgan fingerprint density at radius 2 is 0.950 bits per heavy atom. The molecule has 0 atom stereocenters. The van der Waals surface area contributed by atoms with Crippen LogP contribution < -0.4 is 10.9 Å². The minimum atomic E-state index is 0. The van der Waals surface area contributed by atoms with E-state index < -0.39 is 0 Å². The molecular formula is C18H24BNi. The van der Waals surface area contributed by atoms with E-state index >= 15 is 0 Å². The Hall–Kier alpha value is -1.00. The summed E-state index contributed by atoms with van der Waals surface area (Å²) in [6.45, 7) is 11.0. The first kappa shape index (κ1) is 21.3. The molecule has 2 aromatic carbocycles. The van der Waals surface area contributed by atoms with E-state index in [1.54, 1.807) is 0 Å². The quantitative estimate of drug-likeness (QED) is 0.585. The summed E-state index contributed by atoms with van der Waals surface area (Å²) in [7, 11) is 2.17. The van der Waals surface area contributed by atoms with Crippen LogP contribution >= 0.6 is 0 Å². The molecule has 109 valence electrons. The molecule has 0 aromatic heterocycles. The molecule has 0 aliphatic rings. The van der Waals surface area contributed by atoms with Crippen LogP contribution in [0.2, 0.25) is 0 Å². The van der Waals surface area contributed by atoms with E-state index in [9.17, 15) is 0 Å². The second-order valence-corrected chi connectivity index (χ2v) is 3.97. The second-order valence-electron chi connectivity index (χ2n) is 3.97. The average Bonchev–Trinajstić information content (AvgIpc) is 2.43. The van der Waals surface area contributed by atoms with E-state index in [1.807, 2.05) is 26.0 Å². The van der Waals surface area contributed by atoms with Crippen molar-refractivity contribution in [3.8, 4) is 0 Å². The molecule has 0 fully saturated rings. The van der Waals surface area contributed by atoms with Crippen LogP contribution in [0.3, 0.4) is 0 Å². The molecule has 2 aromatic rings. The maximum atomic E-state index is 3.49. The summed E-state index contributed by atoms with van der Waals surface area (Å²) >= 11 is 0. The largest absolute Gasteiger partial charge is 2.00 e. The second kappa shape index (κ2) is 16.1. The van der Waals surface area contributed by atoms with Gasteiger partial charge in [0.15, 0.2) is 7.28 Å². The van der Waals surface area contributed by atoms with Crippen molar-refractivity contribution < 1.29 is 16.5 Å². The van der Waals surface area contributed by atoms with Crippen molar-refractivity contribution in [2.75, 3.05) is 0 Å². The summed E-state index contributed by atoms with van der Waals surface area (Å²) in [6.07, 6.45) is 2.00. The summed E-state index contributed by atoms with van der Waals surface area (Å²) in [6, 6.07) is 20.7. The molecule has 0 aliphatic carbocycles. The van der Waals surface area contributed by atoms with Crippen LogP contribution in [0.15, 0.2) is 60.7 Å². The fraction of sp³-hybridized carbons (Fsp3) is 0.222. The summed E-state index contributed by atoms with van der Waals surface area (Å²) in [5.74, 6) is 0. The van der Waals surface area contributed by atoms with Gasteiger partial charge in [-0.05, 0) is 0 Å². The normalized spacial score (nSPS) is 8.00. The Labute approximate surface area is 136 Å². The maximum absolute atomic E-state index is 3.49. The molecule has 0 N–H and O–H groups in total. The zero-order valence-electron chi connectivity index (χ0n) is 12.5. The van der Waals surface area contributed by atoms with Crippen molar-refractivity contribution in [1.29, 1.82) is 0 Å². The van der Waals surface area contributed by atoms with Gasteiger partial charge < -0.3 is 13.8 Å². The smallest absolute Gasteiger partial charge is 0.344 e. The molecule has 1 radical (unpaired) electrons. The standard InChI is InChI=1S/C12H10B.2C3H7.Ni/c1-3-7-11(8-4-1)13-12-9-5-2-6-10-12;2*1-3-2;/h1-10H;2*1,3H2,2H3;/q;2*-1;+2. The predicted octanol–water partition coefficient (Wildman–Crippen LogP) is 3.80. The van der Waals surface area contributed by atoms with Gasteiger partial charge in [-0.25, -0.2) is 0 Å². The molecule has 0 nitrogen and oxygen atoms in total. The third-order valence-electron chi connectivity index (χ3n) is 1.93. The van der Waals surface area contributed by atoms with Gasteiger partial charge in [0, 0.05) is 0 Å². The van der Waals surface area contributed by atoms with E-state index in [0.29, 0.717) is 0 Å². The van der Waals surface area contributed by atoms with Gasteiger partial charge in [-0.1, -0.05) is 85.4 Å². The van der Waals surface area contributed by atoms with Crippen LogP contribution in [0.4, 0.5) is 0 Å². The third kappa shape index (κ3) is 12.1. The first-order valence-electron chi connectivity index (χ1n) is 6.81. The van der Waals surface area contributed by atoms with Crippen molar-refractivity contribution in [2.45, 2.75) is 26.7 Å². The van der Waals surface area contributed by atoms with Gasteiger partial charge >= 0.3 is 16.5 Å². The van der Waals surface area contributed by atoms with Crippen molar-refractivity contribution in [1.82, 2.24) is 0 Å². The Kier molecular flexibility index (Phi) is 17.1. The Morgan fingerprint density at radius 1 is 0.700 bits per heavy atom. The summed E-state index contributed by atoms with van der Waals surface area (Å²) < 4.78 is 0. The SMILES string of the molecule is [B](c1ccccc1)c1ccccc1.[CH2-]CC.[CH2-]CC.[Ni+2]. The number of benzene rings is 2. The Balaban J connectivity index is 0. The predicted molar refractivity (Wildman–Crippen MR) is 89.2 cm³/mol.